The third-order valence-electron chi connectivity index (χ3n) is 3.01. The largest absolute Gasteiger partial charge is 0.477 e. The van der Waals surface area contributed by atoms with Crippen LogP contribution in [-0.4, -0.2) is 23.7 Å². The number of carbonyl (C=O) groups excluding carboxylic acids is 1. The minimum absolute atomic E-state index is 0.157. The number of aromatic carboxylic acids is 1. The van der Waals surface area contributed by atoms with E-state index in [0.717, 1.165) is 37.0 Å². The predicted molar refractivity (Wildman–Crippen MR) is 74.9 cm³/mol. The van der Waals surface area contributed by atoms with E-state index in [4.69, 9.17) is 9.84 Å². The van der Waals surface area contributed by atoms with Gasteiger partial charge in [0.05, 0.1) is 6.61 Å². The van der Waals surface area contributed by atoms with Gasteiger partial charge in [-0.1, -0.05) is 33.1 Å². The fraction of sp³-hybridized carbons (Fsp3) is 0.571. The maximum Gasteiger partial charge on any atom is 0.348 e. The minimum atomic E-state index is -1.02. The first-order chi connectivity index (χ1) is 9.08. The highest BCUT2D eigenvalue weighted by molar-refractivity contribution is 7.15. The quantitative estimate of drug-likeness (QED) is 0.737. The third kappa shape index (κ3) is 5.03. The Kier molecular flexibility index (Phi) is 6.56. The molecule has 0 saturated heterocycles. The Morgan fingerprint density at radius 2 is 2.00 bits per heavy atom. The molecule has 0 aliphatic carbocycles. The van der Waals surface area contributed by atoms with Crippen LogP contribution in [0.5, 0.6) is 0 Å². The van der Waals surface area contributed by atoms with E-state index in [2.05, 4.69) is 13.8 Å². The highest BCUT2D eigenvalue weighted by Gasteiger charge is 2.15. The lowest BCUT2D eigenvalue weighted by atomic mass is 10.0. The summed E-state index contributed by atoms with van der Waals surface area (Å²) in [5.74, 6) is -1.05. The number of carboxylic acid groups (broad SMARTS) is 1. The van der Waals surface area contributed by atoms with Gasteiger partial charge in [0.15, 0.2) is 0 Å². The van der Waals surface area contributed by atoms with Crippen molar-refractivity contribution in [1.82, 2.24) is 0 Å². The first kappa shape index (κ1) is 15.7. The summed E-state index contributed by atoms with van der Waals surface area (Å²) in [7, 11) is 0. The van der Waals surface area contributed by atoms with Gasteiger partial charge in [0.25, 0.3) is 0 Å². The predicted octanol–water partition coefficient (Wildman–Crippen LogP) is 3.82. The fourth-order valence-corrected chi connectivity index (χ4v) is 2.46. The van der Waals surface area contributed by atoms with Gasteiger partial charge in [0.2, 0.25) is 0 Å². The molecule has 0 radical (unpaired) electrons. The van der Waals surface area contributed by atoms with Gasteiger partial charge < -0.3 is 9.84 Å². The van der Waals surface area contributed by atoms with Gasteiger partial charge in [-0.2, -0.15) is 0 Å². The lowest BCUT2D eigenvalue weighted by Crippen LogP contribution is -2.13. The molecule has 0 aliphatic heterocycles. The molecule has 4 nitrogen and oxygen atoms in total. The Morgan fingerprint density at radius 1 is 1.32 bits per heavy atom. The second kappa shape index (κ2) is 7.94. The van der Waals surface area contributed by atoms with Crippen molar-refractivity contribution in [2.45, 2.75) is 39.5 Å². The summed E-state index contributed by atoms with van der Waals surface area (Å²) in [4.78, 5) is 23.0. The van der Waals surface area contributed by atoms with Crippen LogP contribution in [0.25, 0.3) is 0 Å². The van der Waals surface area contributed by atoms with Gasteiger partial charge in [0, 0.05) is 0 Å². The number of hydrogen-bond acceptors (Lipinski definition) is 4. The smallest absolute Gasteiger partial charge is 0.348 e. The van der Waals surface area contributed by atoms with Gasteiger partial charge >= 0.3 is 11.9 Å². The molecule has 0 aliphatic rings. The Labute approximate surface area is 117 Å². The zero-order valence-corrected chi connectivity index (χ0v) is 12.2. The molecule has 0 spiro atoms. The molecular formula is C14H20O4S. The summed E-state index contributed by atoms with van der Waals surface area (Å²) in [6, 6.07) is 2.93. The van der Waals surface area contributed by atoms with E-state index < -0.39 is 11.9 Å². The molecule has 1 atom stereocenters. The summed E-state index contributed by atoms with van der Waals surface area (Å²) >= 11 is 0.952. The van der Waals surface area contributed by atoms with Gasteiger partial charge in [-0.3, -0.25) is 0 Å². The Hall–Kier alpha value is -1.36. The summed E-state index contributed by atoms with van der Waals surface area (Å²) in [6.07, 6.45) is 4.32. The normalized spacial score (nSPS) is 12.1. The molecule has 1 aromatic rings. The van der Waals surface area contributed by atoms with Crippen LogP contribution in [0.3, 0.4) is 0 Å². The fourth-order valence-electron chi connectivity index (χ4n) is 1.73. The second-order valence-corrected chi connectivity index (χ2v) is 5.57. The molecule has 1 aromatic heterocycles. The number of carbonyl (C=O) groups is 2. The number of thiophene rings is 1. The SMILES string of the molecule is CCCCC(CC)COC(=O)c1ccc(C(=O)O)s1. The lowest BCUT2D eigenvalue weighted by molar-refractivity contribution is 0.0433. The molecule has 1 unspecified atom stereocenters. The maximum absolute atomic E-state index is 11.8. The summed E-state index contributed by atoms with van der Waals surface area (Å²) in [5.41, 5.74) is 0. The van der Waals surface area contributed by atoms with Crippen LogP contribution in [0, 0.1) is 5.92 Å². The molecule has 5 heteroatoms. The van der Waals surface area contributed by atoms with Crippen LogP contribution < -0.4 is 0 Å². The van der Waals surface area contributed by atoms with E-state index in [9.17, 15) is 9.59 Å². The van der Waals surface area contributed by atoms with Crippen molar-refractivity contribution < 1.29 is 19.4 Å². The monoisotopic (exact) mass is 284 g/mol. The molecule has 0 amide bonds. The number of ether oxygens (including phenoxy) is 1. The van der Waals surface area contributed by atoms with Crippen molar-refractivity contribution in [3.63, 3.8) is 0 Å². The molecule has 0 aromatic carbocycles. The molecule has 106 valence electrons. The van der Waals surface area contributed by atoms with Crippen LogP contribution in [0.2, 0.25) is 0 Å². The molecule has 0 fully saturated rings. The first-order valence-electron chi connectivity index (χ1n) is 6.58. The molecular weight excluding hydrogens is 264 g/mol. The Bertz CT molecular complexity index is 425. The Morgan fingerprint density at radius 3 is 2.53 bits per heavy atom. The van der Waals surface area contributed by atoms with E-state index in [-0.39, 0.29) is 4.88 Å². The van der Waals surface area contributed by atoms with Crippen LogP contribution in [0.1, 0.15) is 58.9 Å². The summed E-state index contributed by atoms with van der Waals surface area (Å²) in [6.45, 7) is 4.63. The summed E-state index contributed by atoms with van der Waals surface area (Å²) < 4.78 is 5.25. The first-order valence-corrected chi connectivity index (χ1v) is 7.40. The van der Waals surface area contributed by atoms with E-state index in [0.29, 0.717) is 17.4 Å². The molecule has 1 heterocycles. The average Bonchev–Trinajstić information content (AvgIpc) is 2.88. The molecule has 0 bridgehead atoms. The van der Waals surface area contributed by atoms with Crippen LogP contribution >= 0.6 is 11.3 Å². The number of rotatable bonds is 8. The standard InChI is InChI=1S/C14H20O4S/c1-3-5-6-10(4-2)9-18-14(17)12-8-7-11(19-12)13(15)16/h7-8,10H,3-6,9H2,1-2H3,(H,15,16). The van der Waals surface area contributed by atoms with Crippen molar-refractivity contribution in [3.8, 4) is 0 Å². The Balaban J connectivity index is 2.47. The van der Waals surface area contributed by atoms with Crippen molar-refractivity contribution in [3.05, 3.63) is 21.9 Å². The number of esters is 1. The van der Waals surface area contributed by atoms with E-state index in [1.165, 1.54) is 12.1 Å². The minimum Gasteiger partial charge on any atom is -0.477 e. The average molecular weight is 284 g/mol. The number of unbranched alkanes of at least 4 members (excludes halogenated alkanes) is 1. The number of carboxylic acids is 1. The van der Waals surface area contributed by atoms with Crippen molar-refractivity contribution in [2.24, 2.45) is 5.92 Å². The van der Waals surface area contributed by atoms with Crippen molar-refractivity contribution in [2.75, 3.05) is 6.61 Å². The van der Waals surface area contributed by atoms with Gasteiger partial charge in [0.1, 0.15) is 9.75 Å². The maximum atomic E-state index is 11.8. The van der Waals surface area contributed by atoms with Crippen molar-refractivity contribution in [1.29, 1.82) is 0 Å². The van der Waals surface area contributed by atoms with Gasteiger partial charge in [-0.05, 0) is 24.5 Å². The van der Waals surface area contributed by atoms with Crippen LogP contribution in [0.4, 0.5) is 0 Å². The van der Waals surface area contributed by atoms with Crippen LogP contribution in [0.15, 0.2) is 12.1 Å². The van der Waals surface area contributed by atoms with E-state index >= 15 is 0 Å². The topological polar surface area (TPSA) is 63.6 Å². The van der Waals surface area contributed by atoms with Gasteiger partial charge in [-0.15, -0.1) is 11.3 Å². The van der Waals surface area contributed by atoms with Crippen LogP contribution in [-0.2, 0) is 4.74 Å². The van der Waals surface area contributed by atoms with Crippen molar-refractivity contribution >= 4 is 23.3 Å². The van der Waals surface area contributed by atoms with Gasteiger partial charge in [-0.25, -0.2) is 9.59 Å². The second-order valence-electron chi connectivity index (χ2n) is 4.48. The summed E-state index contributed by atoms with van der Waals surface area (Å²) in [5, 5.41) is 8.79. The molecule has 19 heavy (non-hydrogen) atoms. The zero-order valence-electron chi connectivity index (χ0n) is 11.3. The van der Waals surface area contributed by atoms with E-state index in [1.807, 2.05) is 0 Å². The lowest BCUT2D eigenvalue weighted by Gasteiger charge is -2.14. The molecule has 1 rings (SSSR count). The third-order valence-corrected chi connectivity index (χ3v) is 4.06. The molecule has 1 N–H and O–H groups in total. The van der Waals surface area contributed by atoms with E-state index in [1.54, 1.807) is 0 Å². The highest BCUT2D eigenvalue weighted by Crippen LogP contribution is 2.19. The number of hydrogen-bond donors (Lipinski definition) is 1. The zero-order chi connectivity index (χ0) is 14.3. The molecule has 0 saturated carbocycles. The highest BCUT2D eigenvalue weighted by atomic mass is 32.1.